The molecule has 0 bridgehead atoms. The number of benzene rings is 1. The predicted molar refractivity (Wildman–Crippen MR) is 69.4 cm³/mol. The maximum absolute atomic E-state index is 12.9. The molecular formula is C14H9F3N2O2. The number of aromatic carboxylic acids is 1. The lowest BCUT2D eigenvalue weighted by Gasteiger charge is -2.03. The van der Waals surface area contributed by atoms with Gasteiger partial charge in [-0.1, -0.05) is 0 Å². The number of nitrogens with zero attached hydrogens (tertiary/aromatic N) is 2. The Morgan fingerprint density at radius 1 is 1.29 bits per heavy atom. The average molecular weight is 294 g/mol. The second-order valence-electron chi connectivity index (χ2n) is 4.66. The fraction of sp³-hybridized carbons (Fsp3) is 0.143. The summed E-state index contributed by atoms with van der Waals surface area (Å²) in [6.45, 7) is 1.35. The summed E-state index contributed by atoms with van der Waals surface area (Å²) in [5.74, 6) is -1.09. The molecule has 0 spiro atoms. The van der Waals surface area contributed by atoms with E-state index in [0.717, 1.165) is 0 Å². The molecule has 0 amide bonds. The second kappa shape index (κ2) is 4.21. The number of hydrogen-bond acceptors (Lipinski definition) is 2. The second-order valence-corrected chi connectivity index (χ2v) is 4.66. The number of pyridine rings is 1. The van der Waals surface area contributed by atoms with Crippen molar-refractivity contribution in [2.24, 2.45) is 0 Å². The summed E-state index contributed by atoms with van der Waals surface area (Å²) in [5, 5.41) is 9.94. The van der Waals surface area contributed by atoms with Gasteiger partial charge < -0.3 is 9.51 Å². The molecule has 0 saturated carbocycles. The molecule has 2 heterocycles. The molecule has 0 radical (unpaired) electrons. The van der Waals surface area contributed by atoms with Gasteiger partial charge in [0.1, 0.15) is 5.65 Å². The lowest BCUT2D eigenvalue weighted by molar-refractivity contribution is -0.141. The Labute approximate surface area is 116 Å². The highest BCUT2D eigenvalue weighted by Crippen LogP contribution is 2.33. The smallest absolute Gasteiger partial charge is 0.435 e. The standard InChI is InChI=1S/C14H9F3N2O2/c1-7-11(14(15,16)17)18-12-10-3-2-9(13(20)21)6-8(10)4-5-19(7)12/h2-6H,1H3,(H,20,21). The zero-order chi connectivity index (χ0) is 15.4. The first-order chi connectivity index (χ1) is 9.79. The number of rotatable bonds is 1. The number of halogens is 3. The molecule has 108 valence electrons. The Morgan fingerprint density at radius 2 is 2.00 bits per heavy atom. The summed E-state index contributed by atoms with van der Waals surface area (Å²) in [6, 6.07) is 5.81. The van der Waals surface area contributed by atoms with Crippen molar-refractivity contribution in [1.29, 1.82) is 0 Å². The fourth-order valence-corrected chi connectivity index (χ4v) is 2.35. The van der Waals surface area contributed by atoms with Crippen molar-refractivity contribution >= 4 is 22.4 Å². The summed E-state index contributed by atoms with van der Waals surface area (Å²) >= 11 is 0. The van der Waals surface area contributed by atoms with Crippen molar-refractivity contribution in [2.45, 2.75) is 13.1 Å². The normalized spacial score (nSPS) is 12.2. The Hall–Kier alpha value is -2.57. The maximum Gasteiger partial charge on any atom is 0.435 e. The van der Waals surface area contributed by atoms with E-state index in [0.29, 0.717) is 10.8 Å². The number of carbonyl (C=O) groups is 1. The van der Waals surface area contributed by atoms with E-state index in [1.807, 2.05) is 0 Å². The van der Waals surface area contributed by atoms with Crippen LogP contribution in [0.4, 0.5) is 13.2 Å². The molecule has 4 nitrogen and oxygen atoms in total. The first-order valence-electron chi connectivity index (χ1n) is 6.01. The van der Waals surface area contributed by atoms with Crippen LogP contribution in [-0.4, -0.2) is 20.5 Å². The third-order valence-electron chi connectivity index (χ3n) is 3.36. The van der Waals surface area contributed by atoms with Gasteiger partial charge in [-0.3, -0.25) is 0 Å². The molecule has 3 rings (SSSR count). The van der Waals surface area contributed by atoms with E-state index in [4.69, 9.17) is 5.11 Å². The molecule has 7 heteroatoms. The molecule has 1 aromatic carbocycles. The number of aromatic nitrogens is 2. The molecular weight excluding hydrogens is 285 g/mol. The first kappa shape index (κ1) is 13.4. The minimum Gasteiger partial charge on any atom is -0.478 e. The molecule has 0 aliphatic heterocycles. The van der Waals surface area contributed by atoms with E-state index < -0.39 is 17.8 Å². The van der Waals surface area contributed by atoms with Crippen molar-refractivity contribution in [3.05, 3.63) is 47.4 Å². The Balaban J connectivity index is 2.36. The van der Waals surface area contributed by atoms with Crippen LogP contribution in [0.15, 0.2) is 30.5 Å². The van der Waals surface area contributed by atoms with Crippen molar-refractivity contribution in [1.82, 2.24) is 9.38 Å². The van der Waals surface area contributed by atoms with Gasteiger partial charge in [-0.25, -0.2) is 9.78 Å². The average Bonchev–Trinajstić information content (AvgIpc) is 2.75. The quantitative estimate of drug-likeness (QED) is 0.747. The van der Waals surface area contributed by atoms with Crippen LogP contribution in [0.3, 0.4) is 0 Å². The van der Waals surface area contributed by atoms with Gasteiger partial charge in [0, 0.05) is 11.6 Å². The largest absolute Gasteiger partial charge is 0.478 e. The van der Waals surface area contributed by atoms with Crippen LogP contribution < -0.4 is 0 Å². The highest BCUT2D eigenvalue weighted by Gasteiger charge is 2.36. The van der Waals surface area contributed by atoms with E-state index in [1.165, 1.54) is 35.7 Å². The maximum atomic E-state index is 12.9. The number of alkyl halides is 3. The highest BCUT2D eigenvalue weighted by molar-refractivity contribution is 5.99. The molecule has 0 aliphatic carbocycles. The monoisotopic (exact) mass is 294 g/mol. The van der Waals surface area contributed by atoms with Crippen molar-refractivity contribution in [2.75, 3.05) is 0 Å². The SMILES string of the molecule is Cc1c(C(F)(F)F)nc2c3ccc(C(=O)O)cc3ccn12. The molecule has 0 unspecified atom stereocenters. The summed E-state index contributed by atoms with van der Waals surface area (Å²) in [7, 11) is 0. The van der Waals surface area contributed by atoms with Gasteiger partial charge in [-0.05, 0) is 36.6 Å². The van der Waals surface area contributed by atoms with Crippen LogP contribution in [0.2, 0.25) is 0 Å². The molecule has 0 atom stereocenters. The van der Waals surface area contributed by atoms with E-state index in [2.05, 4.69) is 4.98 Å². The molecule has 3 aromatic rings. The Kier molecular flexibility index (Phi) is 2.69. The predicted octanol–water partition coefficient (Wildman–Crippen LogP) is 3.51. The van der Waals surface area contributed by atoms with Crippen molar-refractivity contribution in [3.8, 4) is 0 Å². The van der Waals surface area contributed by atoms with E-state index >= 15 is 0 Å². The van der Waals surface area contributed by atoms with Gasteiger partial charge in [0.05, 0.1) is 11.3 Å². The van der Waals surface area contributed by atoms with Crippen LogP contribution in [0, 0.1) is 6.92 Å². The minimum absolute atomic E-state index is 0.00158. The molecule has 21 heavy (non-hydrogen) atoms. The summed E-state index contributed by atoms with van der Waals surface area (Å²) in [5.41, 5.74) is -0.695. The zero-order valence-corrected chi connectivity index (χ0v) is 10.8. The highest BCUT2D eigenvalue weighted by atomic mass is 19.4. The molecule has 0 aliphatic rings. The van der Waals surface area contributed by atoms with Gasteiger partial charge in [-0.15, -0.1) is 0 Å². The third-order valence-corrected chi connectivity index (χ3v) is 3.36. The fourth-order valence-electron chi connectivity index (χ4n) is 2.35. The summed E-state index contributed by atoms with van der Waals surface area (Å²) in [6.07, 6.45) is -3.07. The van der Waals surface area contributed by atoms with E-state index in [1.54, 1.807) is 6.07 Å². The first-order valence-corrected chi connectivity index (χ1v) is 6.01. The molecule has 2 aromatic heterocycles. The number of aryl methyl sites for hydroxylation is 1. The summed E-state index contributed by atoms with van der Waals surface area (Å²) in [4.78, 5) is 14.6. The van der Waals surface area contributed by atoms with Gasteiger partial charge in [0.25, 0.3) is 0 Å². The van der Waals surface area contributed by atoms with E-state index in [9.17, 15) is 18.0 Å². The topological polar surface area (TPSA) is 54.6 Å². The molecule has 0 saturated heterocycles. The summed E-state index contributed by atoms with van der Waals surface area (Å²) < 4.78 is 40.1. The van der Waals surface area contributed by atoms with E-state index in [-0.39, 0.29) is 16.9 Å². The van der Waals surface area contributed by atoms with Crippen LogP contribution in [-0.2, 0) is 6.18 Å². The number of imidazole rings is 1. The minimum atomic E-state index is -4.52. The lowest BCUT2D eigenvalue weighted by Crippen LogP contribution is -2.07. The van der Waals surface area contributed by atoms with Crippen LogP contribution in [0.5, 0.6) is 0 Å². The van der Waals surface area contributed by atoms with Gasteiger partial charge in [0.15, 0.2) is 5.69 Å². The van der Waals surface area contributed by atoms with Gasteiger partial charge in [0.2, 0.25) is 0 Å². The Bertz CT molecular complexity index is 881. The van der Waals surface area contributed by atoms with Gasteiger partial charge >= 0.3 is 12.1 Å². The van der Waals surface area contributed by atoms with Crippen molar-refractivity contribution in [3.63, 3.8) is 0 Å². The number of carboxylic acid groups (broad SMARTS) is 1. The Morgan fingerprint density at radius 3 is 2.62 bits per heavy atom. The zero-order valence-electron chi connectivity index (χ0n) is 10.8. The molecule has 1 N–H and O–H groups in total. The van der Waals surface area contributed by atoms with Crippen molar-refractivity contribution < 1.29 is 23.1 Å². The van der Waals surface area contributed by atoms with Gasteiger partial charge in [-0.2, -0.15) is 13.2 Å². The van der Waals surface area contributed by atoms with Crippen LogP contribution >= 0.6 is 0 Å². The number of carboxylic acids is 1. The molecule has 0 fully saturated rings. The lowest BCUT2D eigenvalue weighted by atomic mass is 10.1. The third kappa shape index (κ3) is 2.01. The van der Waals surface area contributed by atoms with Crippen LogP contribution in [0.25, 0.3) is 16.4 Å². The van der Waals surface area contributed by atoms with Crippen LogP contribution in [0.1, 0.15) is 21.7 Å². The number of fused-ring (bicyclic) bond motifs is 3. The number of hydrogen-bond donors (Lipinski definition) is 1.